The molecule has 0 bridgehead atoms. The van der Waals surface area contributed by atoms with E-state index >= 15 is 0 Å². The van der Waals surface area contributed by atoms with Gasteiger partial charge in [-0.25, -0.2) is 8.78 Å². The van der Waals surface area contributed by atoms with Crippen LogP contribution in [-0.2, 0) is 0 Å². The van der Waals surface area contributed by atoms with Crippen molar-refractivity contribution >= 4 is 5.91 Å². The molecule has 0 heterocycles. The molecule has 0 aliphatic heterocycles. The van der Waals surface area contributed by atoms with E-state index in [1.54, 1.807) is 0 Å². The van der Waals surface area contributed by atoms with Crippen LogP contribution < -0.4 is 5.32 Å². The Labute approximate surface area is 85.7 Å². The predicted molar refractivity (Wildman–Crippen MR) is 50.4 cm³/mol. The Kier molecular flexibility index (Phi) is 4.17. The molecule has 1 amide bonds. The number of hydrogen-bond donors (Lipinski definition) is 2. The van der Waals surface area contributed by atoms with Crippen molar-refractivity contribution in [1.82, 2.24) is 5.32 Å². The largest absolute Gasteiger partial charge is 0.396 e. The molecule has 0 aliphatic carbocycles. The van der Waals surface area contributed by atoms with Gasteiger partial charge in [0.15, 0.2) is 0 Å². The van der Waals surface area contributed by atoms with Crippen molar-refractivity contribution in [2.45, 2.75) is 6.42 Å². The van der Waals surface area contributed by atoms with Crippen LogP contribution in [0.3, 0.4) is 0 Å². The lowest BCUT2D eigenvalue weighted by molar-refractivity contribution is 0.0950. The third kappa shape index (κ3) is 3.63. The fourth-order valence-electron chi connectivity index (χ4n) is 1.07. The molecule has 0 saturated carbocycles. The number of nitrogens with one attached hydrogen (secondary N) is 1. The first-order valence-electron chi connectivity index (χ1n) is 4.48. The molecule has 0 atom stereocenters. The number of hydrogen-bond acceptors (Lipinski definition) is 2. The highest BCUT2D eigenvalue weighted by molar-refractivity contribution is 5.94. The summed E-state index contributed by atoms with van der Waals surface area (Å²) in [6, 6.07) is 2.61. The van der Waals surface area contributed by atoms with E-state index < -0.39 is 17.5 Å². The van der Waals surface area contributed by atoms with Gasteiger partial charge < -0.3 is 10.4 Å². The van der Waals surface area contributed by atoms with E-state index in [1.807, 2.05) is 0 Å². The summed E-state index contributed by atoms with van der Waals surface area (Å²) in [6.07, 6.45) is 0.406. The lowest BCUT2D eigenvalue weighted by Gasteiger charge is -2.04. The van der Waals surface area contributed by atoms with Gasteiger partial charge in [0.1, 0.15) is 11.6 Å². The van der Waals surface area contributed by atoms with Gasteiger partial charge in [-0.2, -0.15) is 0 Å². The molecule has 1 rings (SSSR count). The summed E-state index contributed by atoms with van der Waals surface area (Å²) in [5.74, 6) is -2.13. The molecule has 0 spiro atoms. The van der Waals surface area contributed by atoms with Gasteiger partial charge in [0.05, 0.1) is 0 Å². The Bertz CT molecular complexity index is 335. The van der Waals surface area contributed by atoms with Gasteiger partial charge in [-0.1, -0.05) is 0 Å². The summed E-state index contributed by atoms with van der Waals surface area (Å²) < 4.78 is 25.4. The number of aliphatic hydroxyl groups is 1. The van der Waals surface area contributed by atoms with Gasteiger partial charge in [-0.05, 0) is 18.6 Å². The monoisotopic (exact) mass is 215 g/mol. The van der Waals surface area contributed by atoms with Crippen LogP contribution >= 0.6 is 0 Å². The predicted octanol–water partition coefficient (Wildman–Crippen LogP) is 1.08. The highest BCUT2D eigenvalue weighted by atomic mass is 19.1. The smallest absolute Gasteiger partial charge is 0.251 e. The first kappa shape index (κ1) is 11.6. The van der Waals surface area contributed by atoms with Crippen LogP contribution in [0.5, 0.6) is 0 Å². The Morgan fingerprint density at radius 1 is 1.27 bits per heavy atom. The van der Waals surface area contributed by atoms with Crippen molar-refractivity contribution in [3.05, 3.63) is 35.4 Å². The number of halogens is 2. The number of carbonyl (C=O) groups excluding carboxylic acids is 1. The van der Waals surface area contributed by atoms with E-state index in [2.05, 4.69) is 5.32 Å². The average molecular weight is 215 g/mol. The van der Waals surface area contributed by atoms with Crippen molar-refractivity contribution in [3.8, 4) is 0 Å². The Morgan fingerprint density at radius 3 is 2.40 bits per heavy atom. The molecule has 0 unspecified atom stereocenters. The quantitative estimate of drug-likeness (QED) is 0.738. The van der Waals surface area contributed by atoms with Crippen LogP contribution in [0.15, 0.2) is 18.2 Å². The van der Waals surface area contributed by atoms with E-state index in [0.29, 0.717) is 12.5 Å². The normalized spacial score (nSPS) is 10.1. The van der Waals surface area contributed by atoms with Crippen molar-refractivity contribution in [3.63, 3.8) is 0 Å². The topological polar surface area (TPSA) is 49.3 Å². The van der Waals surface area contributed by atoms with Gasteiger partial charge >= 0.3 is 0 Å². The second kappa shape index (κ2) is 5.41. The lowest BCUT2D eigenvalue weighted by Crippen LogP contribution is -2.25. The third-order valence-corrected chi connectivity index (χ3v) is 1.75. The molecule has 1 aromatic rings. The number of rotatable bonds is 4. The summed E-state index contributed by atoms with van der Waals surface area (Å²) in [5, 5.41) is 10.9. The average Bonchev–Trinajstić information content (AvgIpc) is 2.16. The highest BCUT2D eigenvalue weighted by Crippen LogP contribution is 2.07. The molecule has 82 valence electrons. The number of amides is 1. The minimum atomic E-state index is -0.790. The second-order valence-corrected chi connectivity index (χ2v) is 2.99. The molecule has 0 saturated heterocycles. The van der Waals surface area contributed by atoms with Gasteiger partial charge in [0.25, 0.3) is 5.91 Å². The summed E-state index contributed by atoms with van der Waals surface area (Å²) in [6.45, 7) is 0.227. The molecule has 5 heteroatoms. The van der Waals surface area contributed by atoms with Crippen molar-refractivity contribution in [1.29, 1.82) is 0 Å². The van der Waals surface area contributed by atoms with Crippen LogP contribution in [0.25, 0.3) is 0 Å². The Balaban J connectivity index is 2.65. The van der Waals surface area contributed by atoms with E-state index in [1.165, 1.54) is 0 Å². The standard InChI is InChI=1S/C10H11F2NO2/c11-8-4-7(5-9(12)6-8)10(15)13-2-1-3-14/h4-6,14H,1-3H2,(H,13,15). The molecular formula is C10H11F2NO2. The van der Waals surface area contributed by atoms with Crippen molar-refractivity contribution in [2.24, 2.45) is 0 Å². The van der Waals surface area contributed by atoms with Crippen LogP contribution in [-0.4, -0.2) is 24.2 Å². The summed E-state index contributed by atoms with van der Waals surface area (Å²) in [4.78, 5) is 11.3. The SMILES string of the molecule is O=C(NCCCO)c1cc(F)cc(F)c1. The van der Waals surface area contributed by atoms with Gasteiger partial charge in [-0.15, -0.1) is 0 Å². The van der Waals surface area contributed by atoms with Crippen LogP contribution in [0.4, 0.5) is 8.78 Å². The first-order chi connectivity index (χ1) is 7.13. The van der Waals surface area contributed by atoms with E-state index in [9.17, 15) is 13.6 Å². The zero-order valence-corrected chi connectivity index (χ0v) is 7.96. The van der Waals surface area contributed by atoms with E-state index in [4.69, 9.17) is 5.11 Å². The maximum Gasteiger partial charge on any atom is 0.251 e. The van der Waals surface area contributed by atoms with E-state index in [0.717, 1.165) is 12.1 Å². The van der Waals surface area contributed by atoms with Crippen LogP contribution in [0, 0.1) is 11.6 Å². The minimum absolute atomic E-state index is 0.0439. The summed E-state index contributed by atoms with van der Waals surface area (Å²) >= 11 is 0. The number of aliphatic hydroxyl groups excluding tert-OH is 1. The molecule has 0 aromatic heterocycles. The second-order valence-electron chi connectivity index (χ2n) is 2.99. The summed E-state index contributed by atoms with van der Waals surface area (Å²) in [5.41, 5.74) is -0.0644. The lowest BCUT2D eigenvalue weighted by atomic mass is 10.2. The molecule has 3 nitrogen and oxygen atoms in total. The summed E-state index contributed by atoms with van der Waals surface area (Å²) in [7, 11) is 0. The minimum Gasteiger partial charge on any atom is -0.396 e. The third-order valence-electron chi connectivity index (χ3n) is 1.75. The molecule has 0 fully saturated rings. The van der Waals surface area contributed by atoms with Gasteiger partial charge in [0.2, 0.25) is 0 Å². The highest BCUT2D eigenvalue weighted by Gasteiger charge is 2.07. The maximum absolute atomic E-state index is 12.7. The Morgan fingerprint density at radius 2 is 1.87 bits per heavy atom. The van der Waals surface area contributed by atoms with E-state index in [-0.39, 0.29) is 18.7 Å². The van der Waals surface area contributed by atoms with Crippen molar-refractivity contribution < 1.29 is 18.7 Å². The van der Waals surface area contributed by atoms with Gasteiger partial charge in [-0.3, -0.25) is 4.79 Å². The zero-order valence-electron chi connectivity index (χ0n) is 7.96. The zero-order chi connectivity index (χ0) is 11.3. The van der Waals surface area contributed by atoms with Crippen LogP contribution in [0.2, 0.25) is 0 Å². The molecular weight excluding hydrogens is 204 g/mol. The van der Waals surface area contributed by atoms with Gasteiger partial charge in [0, 0.05) is 24.8 Å². The molecule has 0 aliphatic rings. The Hall–Kier alpha value is -1.49. The molecule has 0 radical (unpaired) electrons. The maximum atomic E-state index is 12.7. The van der Waals surface area contributed by atoms with Crippen LogP contribution in [0.1, 0.15) is 16.8 Å². The fourth-order valence-corrected chi connectivity index (χ4v) is 1.07. The molecule has 2 N–H and O–H groups in total. The number of benzene rings is 1. The molecule has 1 aromatic carbocycles. The molecule has 15 heavy (non-hydrogen) atoms. The first-order valence-corrected chi connectivity index (χ1v) is 4.48. The van der Waals surface area contributed by atoms with Crippen molar-refractivity contribution in [2.75, 3.05) is 13.2 Å². The number of carbonyl (C=O) groups is 1. The fraction of sp³-hybridized carbons (Fsp3) is 0.300.